The first-order valence-corrected chi connectivity index (χ1v) is 7.10. The lowest BCUT2D eigenvalue weighted by atomic mass is 10.1. The van der Waals surface area contributed by atoms with Crippen LogP contribution in [0.2, 0.25) is 0 Å². The van der Waals surface area contributed by atoms with Crippen molar-refractivity contribution < 1.29 is 0 Å². The summed E-state index contributed by atoms with van der Waals surface area (Å²) in [6.45, 7) is 2.28. The molecule has 0 aromatic rings. The van der Waals surface area contributed by atoms with Crippen LogP contribution in [-0.2, 0) is 0 Å². The lowest BCUT2D eigenvalue weighted by Crippen LogP contribution is -1.81. The van der Waals surface area contributed by atoms with Crippen molar-refractivity contribution in [3.63, 3.8) is 0 Å². The first-order chi connectivity index (χ1) is 6.41. The fourth-order valence-corrected chi connectivity index (χ4v) is 1.98. The molecule has 2 heteroatoms. The van der Waals surface area contributed by atoms with Crippen LogP contribution in [-0.4, -0.2) is 5.33 Å². The Hall–Kier alpha value is 0.910. The molecule has 0 aromatic carbocycles. The van der Waals surface area contributed by atoms with Gasteiger partial charge in [-0.15, -0.1) is 0 Å². The molecule has 0 aliphatic carbocycles. The summed E-state index contributed by atoms with van der Waals surface area (Å²) in [5.74, 6) is 0. The maximum Gasteiger partial charge on any atom is 0.00313 e. The molecule has 0 bridgehead atoms. The zero-order chi connectivity index (χ0) is 9.78. The van der Waals surface area contributed by atoms with E-state index in [1.807, 2.05) is 0 Å². The maximum atomic E-state index is 3.46. The van der Waals surface area contributed by atoms with Crippen LogP contribution in [0.1, 0.15) is 71.1 Å². The van der Waals surface area contributed by atoms with E-state index < -0.39 is 0 Å². The van der Waals surface area contributed by atoms with Crippen molar-refractivity contribution >= 4 is 25.8 Å². The summed E-state index contributed by atoms with van der Waals surface area (Å²) in [5.41, 5.74) is 0. The topological polar surface area (TPSA) is 0 Å². The van der Waals surface area contributed by atoms with Crippen molar-refractivity contribution in [2.45, 2.75) is 71.1 Å². The van der Waals surface area contributed by atoms with Crippen molar-refractivity contribution in [2.75, 3.05) is 5.33 Å². The summed E-state index contributed by atoms with van der Waals surface area (Å²) in [5, 5.41) is 1.18. The van der Waals surface area contributed by atoms with Crippen molar-refractivity contribution in [3.05, 3.63) is 0 Å². The molecule has 1 atom stereocenters. The van der Waals surface area contributed by atoms with Gasteiger partial charge in [-0.05, 0) is 6.42 Å². The Morgan fingerprint density at radius 2 is 1.00 bits per heavy atom. The molecule has 0 N–H and O–H groups in total. The summed E-state index contributed by atoms with van der Waals surface area (Å²) < 4.78 is 0. The third-order valence-corrected chi connectivity index (χ3v) is 3.05. The van der Waals surface area contributed by atoms with Gasteiger partial charge >= 0.3 is 0 Å². The molecule has 0 saturated heterocycles. The van der Waals surface area contributed by atoms with Crippen molar-refractivity contribution in [3.8, 4) is 0 Å². The van der Waals surface area contributed by atoms with Gasteiger partial charge in [0, 0.05) is 5.33 Å². The molecular formula is C12H28BrP. The van der Waals surface area contributed by atoms with Gasteiger partial charge in [0.15, 0.2) is 0 Å². The Morgan fingerprint density at radius 3 is 1.36 bits per heavy atom. The summed E-state index contributed by atoms with van der Waals surface area (Å²) in [4.78, 5) is 0. The van der Waals surface area contributed by atoms with E-state index in [0.29, 0.717) is 0 Å². The number of hydrogen-bond acceptors (Lipinski definition) is 0. The highest BCUT2D eigenvalue weighted by atomic mass is 79.9. The molecule has 14 heavy (non-hydrogen) atoms. The van der Waals surface area contributed by atoms with Crippen LogP contribution in [0, 0.1) is 0 Å². The minimum absolute atomic E-state index is 0. The van der Waals surface area contributed by atoms with Gasteiger partial charge in [0.1, 0.15) is 0 Å². The van der Waals surface area contributed by atoms with Crippen LogP contribution in [0.25, 0.3) is 0 Å². The van der Waals surface area contributed by atoms with Crippen LogP contribution >= 0.6 is 25.8 Å². The predicted octanol–water partition coefficient (Wildman–Crippen LogP) is 5.36. The smallest absolute Gasteiger partial charge is 0.00313 e. The molecule has 0 heterocycles. The number of hydrogen-bond donors (Lipinski definition) is 0. The van der Waals surface area contributed by atoms with E-state index in [9.17, 15) is 0 Å². The molecule has 0 aliphatic heterocycles. The Morgan fingerprint density at radius 1 is 0.643 bits per heavy atom. The van der Waals surface area contributed by atoms with Crippen LogP contribution < -0.4 is 0 Å². The van der Waals surface area contributed by atoms with E-state index in [0.717, 1.165) is 0 Å². The summed E-state index contributed by atoms with van der Waals surface area (Å²) in [7, 11) is 0. The molecular weight excluding hydrogens is 255 g/mol. The Balaban J connectivity index is 0. The van der Waals surface area contributed by atoms with E-state index in [2.05, 4.69) is 22.9 Å². The van der Waals surface area contributed by atoms with E-state index in [1.54, 1.807) is 0 Å². The van der Waals surface area contributed by atoms with Gasteiger partial charge in [-0.25, -0.2) is 0 Å². The summed E-state index contributed by atoms with van der Waals surface area (Å²) in [6, 6.07) is 0. The SMILES string of the molecule is CCCCCCCCCCCCBr.P. The van der Waals surface area contributed by atoms with Crippen LogP contribution in [0.4, 0.5) is 0 Å². The molecule has 0 aliphatic rings. The highest BCUT2D eigenvalue weighted by Gasteiger charge is 1.91. The molecule has 0 fully saturated rings. The van der Waals surface area contributed by atoms with E-state index in [4.69, 9.17) is 0 Å². The first kappa shape index (κ1) is 17.3. The second kappa shape index (κ2) is 16.3. The highest BCUT2D eigenvalue weighted by molar-refractivity contribution is 9.09. The first-order valence-electron chi connectivity index (χ1n) is 5.97. The van der Waals surface area contributed by atoms with Gasteiger partial charge in [-0.2, -0.15) is 9.90 Å². The molecule has 88 valence electrons. The normalized spacial score (nSPS) is 9.86. The van der Waals surface area contributed by atoms with Gasteiger partial charge in [-0.1, -0.05) is 80.6 Å². The highest BCUT2D eigenvalue weighted by Crippen LogP contribution is 2.10. The van der Waals surface area contributed by atoms with E-state index in [1.165, 1.54) is 69.5 Å². The van der Waals surface area contributed by atoms with Gasteiger partial charge in [0.2, 0.25) is 0 Å². The predicted molar refractivity (Wildman–Crippen MR) is 76.7 cm³/mol. The van der Waals surface area contributed by atoms with E-state index >= 15 is 0 Å². The van der Waals surface area contributed by atoms with Gasteiger partial charge in [0.25, 0.3) is 0 Å². The molecule has 0 spiro atoms. The second-order valence-corrected chi connectivity index (χ2v) is 4.66. The number of alkyl halides is 1. The Bertz CT molecular complexity index is 76.4. The fourth-order valence-electron chi connectivity index (χ4n) is 1.58. The molecule has 0 radical (unpaired) electrons. The zero-order valence-corrected chi connectivity index (χ0v) is 12.9. The lowest BCUT2D eigenvalue weighted by molar-refractivity contribution is 0.563. The molecule has 1 unspecified atom stereocenters. The third kappa shape index (κ3) is 15.4. The Labute approximate surface area is 102 Å². The van der Waals surface area contributed by atoms with Crippen molar-refractivity contribution in [1.29, 1.82) is 0 Å². The Kier molecular flexibility index (Phi) is 20.2. The molecule has 0 saturated carbocycles. The van der Waals surface area contributed by atoms with Crippen molar-refractivity contribution in [1.82, 2.24) is 0 Å². The molecule has 0 amide bonds. The minimum Gasteiger partial charge on any atom is -0.153 e. The molecule has 0 nitrogen and oxygen atoms in total. The minimum atomic E-state index is 0. The number of rotatable bonds is 10. The van der Waals surface area contributed by atoms with Gasteiger partial charge < -0.3 is 0 Å². The largest absolute Gasteiger partial charge is 0.153 e. The van der Waals surface area contributed by atoms with Crippen LogP contribution in [0.5, 0.6) is 0 Å². The molecule has 0 rings (SSSR count). The summed E-state index contributed by atoms with van der Waals surface area (Å²) >= 11 is 3.46. The number of unbranched alkanes of at least 4 members (excludes halogenated alkanes) is 9. The number of halogens is 1. The van der Waals surface area contributed by atoms with E-state index in [-0.39, 0.29) is 9.90 Å². The van der Waals surface area contributed by atoms with Gasteiger partial charge in [-0.3, -0.25) is 0 Å². The van der Waals surface area contributed by atoms with Crippen LogP contribution in [0.15, 0.2) is 0 Å². The lowest BCUT2D eigenvalue weighted by Gasteiger charge is -2.00. The third-order valence-electron chi connectivity index (χ3n) is 2.49. The quantitative estimate of drug-likeness (QED) is 0.287. The average molecular weight is 283 g/mol. The van der Waals surface area contributed by atoms with Crippen LogP contribution in [0.3, 0.4) is 0 Å². The fraction of sp³-hybridized carbons (Fsp3) is 1.00. The zero-order valence-electron chi connectivity index (χ0n) is 9.86. The molecule has 0 aromatic heterocycles. The van der Waals surface area contributed by atoms with Gasteiger partial charge in [0.05, 0.1) is 0 Å². The monoisotopic (exact) mass is 282 g/mol. The summed E-state index contributed by atoms with van der Waals surface area (Å²) in [6.07, 6.45) is 14.3. The van der Waals surface area contributed by atoms with Crippen molar-refractivity contribution in [2.24, 2.45) is 0 Å². The standard InChI is InChI=1S/C12H25Br.H3P/c1-2-3-4-5-6-7-8-9-10-11-12-13;/h2-12H2,1H3;1H3. The average Bonchev–Trinajstić information content (AvgIpc) is 2.16. The second-order valence-electron chi connectivity index (χ2n) is 3.87. The maximum absolute atomic E-state index is 3.46.